The molecule has 0 N–H and O–H groups in total. The smallest absolute Gasteiger partial charge is 0.339 e. The maximum absolute atomic E-state index is 11.6. The number of fused-ring (bicyclic) bond motifs is 1. The van der Waals surface area contributed by atoms with Crippen LogP contribution in [-0.4, -0.2) is 37.9 Å². The predicted molar refractivity (Wildman–Crippen MR) is 68.3 cm³/mol. The molecule has 4 atom stereocenters. The molecular weight excluding hydrogens is 248 g/mol. The van der Waals surface area contributed by atoms with Gasteiger partial charge in [-0.05, 0) is 18.9 Å². The van der Waals surface area contributed by atoms with Crippen LogP contribution in [0.4, 0.5) is 0 Å². The molecule has 19 heavy (non-hydrogen) atoms. The first-order chi connectivity index (χ1) is 9.26. The van der Waals surface area contributed by atoms with Crippen LogP contribution in [0.25, 0.3) is 0 Å². The fourth-order valence-electron chi connectivity index (χ4n) is 2.32. The Morgan fingerprint density at radius 1 is 1.26 bits per heavy atom. The number of allylic oxidation sites excluding steroid dienone is 1. The van der Waals surface area contributed by atoms with Crippen molar-refractivity contribution in [2.75, 3.05) is 7.11 Å². The minimum Gasteiger partial charge on any atom is -0.453 e. The molecule has 0 saturated carbocycles. The van der Waals surface area contributed by atoms with Gasteiger partial charge in [0.25, 0.3) is 6.48 Å². The summed E-state index contributed by atoms with van der Waals surface area (Å²) >= 11 is 0. The number of carbonyl (C=O) groups excluding carboxylic acids is 1. The number of ether oxygens (including phenoxy) is 4. The van der Waals surface area contributed by atoms with E-state index in [1.54, 1.807) is 0 Å². The number of rotatable bonds is 7. The maximum atomic E-state index is 11.6. The van der Waals surface area contributed by atoms with E-state index in [0.717, 1.165) is 12.8 Å². The second kappa shape index (κ2) is 7.03. The standard InChI is InChI=1S/C14H22O5/c1-3-4-5-6-7-8-9-10-11-12(13(15)17-10)19-14(16-2)18-11/h8-12,14H,3-7H2,1-2H3/b9-8-/t10-,11-,12-,14?/m0/s1. The Morgan fingerprint density at radius 2 is 2.11 bits per heavy atom. The summed E-state index contributed by atoms with van der Waals surface area (Å²) in [6, 6.07) is 0. The molecule has 2 aliphatic heterocycles. The largest absolute Gasteiger partial charge is 0.453 e. The summed E-state index contributed by atoms with van der Waals surface area (Å²) < 4.78 is 20.9. The van der Waals surface area contributed by atoms with E-state index in [1.807, 2.05) is 6.08 Å². The molecule has 1 unspecified atom stereocenters. The number of hydrogen-bond acceptors (Lipinski definition) is 5. The lowest BCUT2D eigenvalue weighted by atomic mass is 10.1. The van der Waals surface area contributed by atoms with Crippen LogP contribution in [0.5, 0.6) is 0 Å². The van der Waals surface area contributed by atoms with E-state index in [-0.39, 0.29) is 18.2 Å². The lowest BCUT2D eigenvalue weighted by Crippen LogP contribution is -2.27. The van der Waals surface area contributed by atoms with Crippen molar-refractivity contribution in [2.24, 2.45) is 0 Å². The normalized spacial score (nSPS) is 33.9. The van der Waals surface area contributed by atoms with E-state index in [9.17, 15) is 4.79 Å². The summed E-state index contributed by atoms with van der Waals surface area (Å²) in [5.74, 6) is -0.370. The Hall–Kier alpha value is -0.910. The second-order valence-corrected chi connectivity index (χ2v) is 4.86. The average molecular weight is 270 g/mol. The first-order valence-corrected chi connectivity index (χ1v) is 6.97. The van der Waals surface area contributed by atoms with Gasteiger partial charge >= 0.3 is 5.97 Å². The number of carbonyl (C=O) groups is 1. The predicted octanol–water partition coefficient (Wildman–Crippen LogP) is 2.15. The van der Waals surface area contributed by atoms with Crippen molar-refractivity contribution in [3.63, 3.8) is 0 Å². The SMILES string of the molecule is CCCCCC/C=C\[C@@H]1OC(=O)[C@H]2OC(OC)O[C@@H]12. The van der Waals surface area contributed by atoms with Crippen molar-refractivity contribution in [1.29, 1.82) is 0 Å². The zero-order valence-corrected chi connectivity index (χ0v) is 11.5. The van der Waals surface area contributed by atoms with Crippen molar-refractivity contribution in [3.8, 4) is 0 Å². The van der Waals surface area contributed by atoms with E-state index < -0.39 is 12.6 Å². The number of esters is 1. The highest BCUT2D eigenvalue weighted by Gasteiger charge is 2.52. The first kappa shape index (κ1) is 14.5. The van der Waals surface area contributed by atoms with Crippen LogP contribution in [0.2, 0.25) is 0 Å². The van der Waals surface area contributed by atoms with E-state index in [4.69, 9.17) is 18.9 Å². The van der Waals surface area contributed by atoms with Crippen LogP contribution < -0.4 is 0 Å². The van der Waals surface area contributed by atoms with Crippen molar-refractivity contribution in [2.45, 2.75) is 63.8 Å². The fourth-order valence-corrected chi connectivity index (χ4v) is 2.32. The average Bonchev–Trinajstić information content (AvgIpc) is 2.95. The Morgan fingerprint density at radius 3 is 2.84 bits per heavy atom. The molecule has 2 saturated heterocycles. The molecule has 0 radical (unpaired) electrons. The molecule has 5 heteroatoms. The van der Waals surface area contributed by atoms with Crippen molar-refractivity contribution < 1.29 is 23.7 Å². The second-order valence-electron chi connectivity index (χ2n) is 4.86. The summed E-state index contributed by atoms with van der Waals surface area (Å²) in [7, 11) is 1.48. The summed E-state index contributed by atoms with van der Waals surface area (Å²) in [5.41, 5.74) is 0. The molecule has 0 aliphatic carbocycles. The Kier molecular flexibility index (Phi) is 5.36. The van der Waals surface area contributed by atoms with Gasteiger partial charge in [-0.1, -0.05) is 32.3 Å². The van der Waals surface area contributed by atoms with Crippen LogP contribution in [-0.2, 0) is 23.7 Å². The van der Waals surface area contributed by atoms with Gasteiger partial charge in [0.2, 0.25) is 0 Å². The Bertz CT molecular complexity index is 328. The molecule has 5 nitrogen and oxygen atoms in total. The van der Waals surface area contributed by atoms with Gasteiger partial charge in [0.15, 0.2) is 6.10 Å². The highest BCUT2D eigenvalue weighted by molar-refractivity contribution is 5.78. The summed E-state index contributed by atoms with van der Waals surface area (Å²) in [6.45, 7) is 1.43. The third kappa shape index (κ3) is 3.55. The number of unbranched alkanes of at least 4 members (excludes halogenated alkanes) is 4. The first-order valence-electron chi connectivity index (χ1n) is 6.97. The van der Waals surface area contributed by atoms with Crippen LogP contribution in [0.3, 0.4) is 0 Å². The molecule has 2 fully saturated rings. The Balaban J connectivity index is 1.78. The van der Waals surface area contributed by atoms with Gasteiger partial charge in [0.05, 0.1) is 0 Å². The number of hydrogen-bond donors (Lipinski definition) is 0. The minimum absolute atomic E-state index is 0.358. The molecule has 0 aromatic rings. The molecule has 0 amide bonds. The zero-order valence-electron chi connectivity index (χ0n) is 11.5. The molecule has 2 rings (SSSR count). The summed E-state index contributed by atoms with van der Waals surface area (Å²) in [5, 5.41) is 0. The molecule has 0 aromatic heterocycles. The lowest BCUT2D eigenvalue weighted by molar-refractivity contribution is -0.240. The highest BCUT2D eigenvalue weighted by Crippen LogP contribution is 2.31. The van der Waals surface area contributed by atoms with Crippen molar-refractivity contribution >= 4 is 5.97 Å². The van der Waals surface area contributed by atoms with Crippen LogP contribution in [0.1, 0.15) is 39.0 Å². The van der Waals surface area contributed by atoms with Crippen molar-refractivity contribution in [1.82, 2.24) is 0 Å². The van der Waals surface area contributed by atoms with Gasteiger partial charge in [-0.2, -0.15) is 0 Å². The van der Waals surface area contributed by atoms with Crippen LogP contribution in [0, 0.1) is 0 Å². The number of cyclic esters (lactones) is 1. The molecular formula is C14H22O5. The van der Waals surface area contributed by atoms with Gasteiger partial charge in [-0.25, -0.2) is 4.79 Å². The lowest BCUT2D eigenvalue weighted by Gasteiger charge is -2.13. The van der Waals surface area contributed by atoms with Crippen molar-refractivity contribution in [3.05, 3.63) is 12.2 Å². The Labute approximate surface area is 113 Å². The van der Waals surface area contributed by atoms with Gasteiger partial charge in [-0.15, -0.1) is 0 Å². The van der Waals surface area contributed by atoms with E-state index >= 15 is 0 Å². The van der Waals surface area contributed by atoms with Gasteiger partial charge < -0.3 is 18.9 Å². The molecule has 108 valence electrons. The molecule has 0 spiro atoms. The fraction of sp³-hybridized carbons (Fsp3) is 0.786. The third-order valence-corrected chi connectivity index (χ3v) is 3.38. The number of methoxy groups -OCH3 is 1. The van der Waals surface area contributed by atoms with Gasteiger partial charge in [0.1, 0.15) is 12.2 Å². The van der Waals surface area contributed by atoms with Crippen LogP contribution in [0.15, 0.2) is 12.2 Å². The molecule has 0 aromatic carbocycles. The van der Waals surface area contributed by atoms with E-state index in [0.29, 0.717) is 0 Å². The van der Waals surface area contributed by atoms with E-state index in [1.165, 1.54) is 26.4 Å². The van der Waals surface area contributed by atoms with Crippen LogP contribution >= 0.6 is 0 Å². The molecule has 2 aliphatic rings. The quantitative estimate of drug-likeness (QED) is 0.403. The highest BCUT2D eigenvalue weighted by atomic mass is 16.9. The summed E-state index contributed by atoms with van der Waals surface area (Å²) in [4.78, 5) is 11.6. The molecule has 0 bridgehead atoms. The zero-order chi connectivity index (χ0) is 13.7. The topological polar surface area (TPSA) is 54.0 Å². The molecule has 2 heterocycles. The third-order valence-electron chi connectivity index (χ3n) is 3.38. The van der Waals surface area contributed by atoms with Gasteiger partial charge in [-0.3, -0.25) is 0 Å². The summed E-state index contributed by atoms with van der Waals surface area (Å²) in [6.07, 6.45) is 8.46. The van der Waals surface area contributed by atoms with E-state index in [2.05, 4.69) is 13.0 Å². The van der Waals surface area contributed by atoms with Gasteiger partial charge in [0, 0.05) is 7.11 Å². The minimum atomic E-state index is -0.761. The maximum Gasteiger partial charge on any atom is 0.339 e. The monoisotopic (exact) mass is 270 g/mol.